The Bertz CT molecular complexity index is 417. The average molecular weight is 262 g/mol. The number of amides is 1. The zero-order chi connectivity index (χ0) is 13.7. The number of nitrogens with one attached hydrogen (secondary N) is 1. The number of nitrogens with zero attached hydrogens (tertiary/aromatic N) is 1. The van der Waals surface area contributed by atoms with Gasteiger partial charge in [-0.25, -0.2) is 0 Å². The van der Waals surface area contributed by atoms with Gasteiger partial charge in [0, 0.05) is 26.1 Å². The summed E-state index contributed by atoms with van der Waals surface area (Å²) < 4.78 is 5.19. The van der Waals surface area contributed by atoms with E-state index in [1.54, 1.807) is 14.0 Å². The van der Waals surface area contributed by atoms with Crippen molar-refractivity contribution in [3.8, 4) is 5.75 Å². The summed E-state index contributed by atoms with van der Waals surface area (Å²) in [7, 11) is 1.68. The summed E-state index contributed by atoms with van der Waals surface area (Å²) in [6.07, 6.45) is 2.41. The molecule has 0 unspecified atom stereocenters. The standard InChI is InChI=1S/C15H22N2O2/c1-12(18)16-9-11-17-10-3-4-15(17)13-5-7-14(19-2)8-6-13/h5-8,15H,3-4,9-11H2,1-2H3,(H,16,18)/t15-/m1/s1. The Kier molecular flexibility index (Phi) is 4.80. The molecule has 4 heteroatoms. The third-order valence-electron chi connectivity index (χ3n) is 3.64. The zero-order valence-electron chi connectivity index (χ0n) is 11.7. The molecule has 0 aromatic heterocycles. The first-order valence-corrected chi connectivity index (χ1v) is 6.83. The highest BCUT2D eigenvalue weighted by Gasteiger charge is 2.25. The maximum atomic E-state index is 10.9. The molecule has 0 aliphatic carbocycles. The predicted octanol–water partition coefficient (Wildman–Crippen LogP) is 1.97. The molecule has 1 heterocycles. The molecule has 1 aromatic carbocycles. The van der Waals surface area contributed by atoms with E-state index in [0.717, 1.165) is 25.4 Å². The van der Waals surface area contributed by atoms with Crippen molar-refractivity contribution >= 4 is 5.91 Å². The molecule has 1 aliphatic heterocycles. The van der Waals surface area contributed by atoms with Crippen LogP contribution in [0.25, 0.3) is 0 Å². The second kappa shape index (κ2) is 6.57. The average Bonchev–Trinajstić information content (AvgIpc) is 2.87. The molecular weight excluding hydrogens is 240 g/mol. The second-order valence-corrected chi connectivity index (χ2v) is 4.95. The Hall–Kier alpha value is -1.55. The Morgan fingerprint density at radius 3 is 2.79 bits per heavy atom. The zero-order valence-corrected chi connectivity index (χ0v) is 11.7. The largest absolute Gasteiger partial charge is 0.497 e. The fourth-order valence-electron chi connectivity index (χ4n) is 2.67. The van der Waals surface area contributed by atoms with E-state index in [1.165, 1.54) is 18.4 Å². The van der Waals surface area contributed by atoms with Gasteiger partial charge in [0.2, 0.25) is 5.91 Å². The van der Waals surface area contributed by atoms with Gasteiger partial charge in [-0.2, -0.15) is 0 Å². The molecule has 0 bridgehead atoms. The van der Waals surface area contributed by atoms with E-state index in [0.29, 0.717) is 6.04 Å². The first kappa shape index (κ1) is 13.9. The second-order valence-electron chi connectivity index (χ2n) is 4.95. The quantitative estimate of drug-likeness (QED) is 0.882. The van der Waals surface area contributed by atoms with Crippen molar-refractivity contribution < 1.29 is 9.53 Å². The molecule has 1 N–H and O–H groups in total. The molecule has 0 radical (unpaired) electrons. The third-order valence-corrected chi connectivity index (χ3v) is 3.64. The van der Waals surface area contributed by atoms with Crippen LogP contribution in [0, 0.1) is 0 Å². The van der Waals surface area contributed by atoms with Gasteiger partial charge in [0.25, 0.3) is 0 Å². The molecule has 1 aromatic rings. The summed E-state index contributed by atoms with van der Waals surface area (Å²) in [6, 6.07) is 8.78. The summed E-state index contributed by atoms with van der Waals surface area (Å²) in [5.41, 5.74) is 1.33. The first-order chi connectivity index (χ1) is 9.20. The number of carbonyl (C=O) groups excluding carboxylic acids is 1. The molecule has 0 spiro atoms. The summed E-state index contributed by atoms with van der Waals surface area (Å²) in [4.78, 5) is 13.3. The smallest absolute Gasteiger partial charge is 0.216 e. The number of likely N-dealkylation sites (tertiary alicyclic amines) is 1. The van der Waals surface area contributed by atoms with Crippen LogP contribution in [0.3, 0.4) is 0 Å². The number of hydrogen-bond donors (Lipinski definition) is 1. The molecule has 1 aliphatic rings. The molecule has 0 saturated carbocycles. The molecule has 1 fully saturated rings. The van der Waals surface area contributed by atoms with Crippen LogP contribution < -0.4 is 10.1 Å². The Balaban J connectivity index is 1.95. The van der Waals surface area contributed by atoms with E-state index < -0.39 is 0 Å². The topological polar surface area (TPSA) is 41.6 Å². The van der Waals surface area contributed by atoms with Crippen molar-refractivity contribution in [2.75, 3.05) is 26.7 Å². The number of methoxy groups -OCH3 is 1. The molecule has 4 nitrogen and oxygen atoms in total. The van der Waals surface area contributed by atoms with Crippen molar-refractivity contribution in [3.63, 3.8) is 0 Å². The van der Waals surface area contributed by atoms with E-state index in [-0.39, 0.29) is 5.91 Å². The van der Waals surface area contributed by atoms with Gasteiger partial charge in [0.15, 0.2) is 0 Å². The molecule has 19 heavy (non-hydrogen) atoms. The van der Waals surface area contributed by atoms with Crippen LogP contribution in [0.2, 0.25) is 0 Å². The highest BCUT2D eigenvalue weighted by Crippen LogP contribution is 2.32. The summed E-state index contributed by atoms with van der Waals surface area (Å²) in [6.45, 7) is 4.31. The van der Waals surface area contributed by atoms with E-state index in [1.807, 2.05) is 12.1 Å². The normalized spacial score (nSPS) is 19.4. The molecule has 104 valence electrons. The van der Waals surface area contributed by atoms with Gasteiger partial charge in [-0.1, -0.05) is 12.1 Å². The minimum absolute atomic E-state index is 0.0418. The van der Waals surface area contributed by atoms with Crippen molar-refractivity contribution in [1.29, 1.82) is 0 Å². The minimum atomic E-state index is 0.0418. The summed E-state index contributed by atoms with van der Waals surface area (Å²) >= 11 is 0. The number of ether oxygens (including phenoxy) is 1. The maximum absolute atomic E-state index is 10.9. The van der Waals surface area contributed by atoms with Crippen molar-refractivity contribution in [2.24, 2.45) is 0 Å². The van der Waals surface area contributed by atoms with Crippen LogP contribution in [-0.4, -0.2) is 37.6 Å². The molecule has 1 amide bonds. The Labute approximate surface area is 114 Å². The summed E-state index contributed by atoms with van der Waals surface area (Å²) in [5.74, 6) is 0.937. The van der Waals surface area contributed by atoms with Gasteiger partial charge in [0.05, 0.1) is 7.11 Å². The van der Waals surface area contributed by atoms with Crippen molar-refractivity contribution in [2.45, 2.75) is 25.8 Å². The van der Waals surface area contributed by atoms with Gasteiger partial charge in [0.1, 0.15) is 5.75 Å². The molecule has 1 saturated heterocycles. The third kappa shape index (κ3) is 3.70. The van der Waals surface area contributed by atoms with E-state index in [2.05, 4.69) is 22.3 Å². The fourth-order valence-corrected chi connectivity index (χ4v) is 2.67. The van der Waals surface area contributed by atoms with Crippen LogP contribution in [-0.2, 0) is 4.79 Å². The van der Waals surface area contributed by atoms with Gasteiger partial charge >= 0.3 is 0 Å². The van der Waals surface area contributed by atoms with Gasteiger partial charge in [-0.05, 0) is 37.1 Å². The SMILES string of the molecule is COc1ccc([C@H]2CCCN2CCNC(C)=O)cc1. The number of benzene rings is 1. The predicted molar refractivity (Wildman–Crippen MR) is 75.2 cm³/mol. The van der Waals surface area contributed by atoms with Crippen LogP contribution in [0.1, 0.15) is 31.4 Å². The highest BCUT2D eigenvalue weighted by atomic mass is 16.5. The lowest BCUT2D eigenvalue weighted by Crippen LogP contribution is -2.33. The molecule has 2 rings (SSSR count). The monoisotopic (exact) mass is 262 g/mol. The lowest BCUT2D eigenvalue weighted by molar-refractivity contribution is -0.119. The van der Waals surface area contributed by atoms with Crippen molar-refractivity contribution in [1.82, 2.24) is 10.2 Å². The van der Waals surface area contributed by atoms with Crippen LogP contribution in [0.15, 0.2) is 24.3 Å². The number of carbonyl (C=O) groups is 1. The van der Waals surface area contributed by atoms with Crippen LogP contribution in [0.5, 0.6) is 5.75 Å². The Morgan fingerprint density at radius 2 is 2.16 bits per heavy atom. The maximum Gasteiger partial charge on any atom is 0.216 e. The van der Waals surface area contributed by atoms with Gasteiger partial charge in [-0.3, -0.25) is 9.69 Å². The lowest BCUT2D eigenvalue weighted by atomic mass is 10.0. The van der Waals surface area contributed by atoms with Crippen LogP contribution in [0.4, 0.5) is 0 Å². The Morgan fingerprint density at radius 1 is 1.42 bits per heavy atom. The van der Waals surface area contributed by atoms with Crippen LogP contribution >= 0.6 is 0 Å². The first-order valence-electron chi connectivity index (χ1n) is 6.83. The molecular formula is C15H22N2O2. The number of rotatable bonds is 5. The van der Waals surface area contributed by atoms with Gasteiger partial charge in [-0.15, -0.1) is 0 Å². The number of hydrogen-bond acceptors (Lipinski definition) is 3. The minimum Gasteiger partial charge on any atom is -0.497 e. The van der Waals surface area contributed by atoms with Gasteiger partial charge < -0.3 is 10.1 Å². The summed E-state index contributed by atoms with van der Waals surface area (Å²) in [5, 5.41) is 2.86. The van der Waals surface area contributed by atoms with E-state index in [4.69, 9.17) is 4.74 Å². The highest BCUT2D eigenvalue weighted by molar-refractivity contribution is 5.72. The fraction of sp³-hybridized carbons (Fsp3) is 0.533. The van der Waals surface area contributed by atoms with E-state index >= 15 is 0 Å². The van der Waals surface area contributed by atoms with Crippen molar-refractivity contribution in [3.05, 3.63) is 29.8 Å². The van der Waals surface area contributed by atoms with E-state index in [9.17, 15) is 4.79 Å². The lowest BCUT2D eigenvalue weighted by Gasteiger charge is -2.25. The molecule has 1 atom stereocenters.